The molecule has 3 saturated carbocycles. The predicted molar refractivity (Wildman–Crippen MR) is 123 cm³/mol. The summed E-state index contributed by atoms with van der Waals surface area (Å²) in [6.07, 6.45) is 9.38. The third-order valence-corrected chi connectivity index (χ3v) is 8.21. The number of rotatable bonds is 5. The first-order chi connectivity index (χ1) is 16.0. The molecule has 0 N–H and O–H groups in total. The van der Waals surface area contributed by atoms with Crippen LogP contribution in [0, 0.1) is 29.6 Å². The van der Waals surface area contributed by atoms with Crippen LogP contribution in [0.3, 0.4) is 0 Å². The molecule has 0 heterocycles. The van der Waals surface area contributed by atoms with E-state index in [1.165, 1.54) is 47.0 Å². The van der Waals surface area contributed by atoms with Gasteiger partial charge >= 0.3 is 17.9 Å². The van der Waals surface area contributed by atoms with Gasteiger partial charge in [-0.3, -0.25) is 0 Å². The molecule has 3 aliphatic rings. The maximum Gasteiger partial charge on any atom is 0.339 e. The molecule has 6 heteroatoms. The van der Waals surface area contributed by atoms with E-state index in [0.29, 0.717) is 40.4 Å². The summed E-state index contributed by atoms with van der Waals surface area (Å²) in [4.78, 5) is 38.4. The molecular weight excluding hydrogens is 420 g/mol. The molecule has 0 aliphatic heterocycles. The van der Waals surface area contributed by atoms with Gasteiger partial charge in [-0.1, -0.05) is 37.8 Å². The molecule has 3 fully saturated rings. The zero-order chi connectivity index (χ0) is 23.5. The summed E-state index contributed by atoms with van der Waals surface area (Å²) in [7, 11) is 4.04. The van der Waals surface area contributed by atoms with Crippen molar-refractivity contribution in [1.29, 1.82) is 0 Å². The third-order valence-electron chi connectivity index (χ3n) is 8.21. The minimum atomic E-state index is -0.548. The van der Waals surface area contributed by atoms with E-state index in [9.17, 15) is 14.4 Å². The van der Waals surface area contributed by atoms with E-state index in [1.807, 2.05) is 0 Å². The van der Waals surface area contributed by atoms with Gasteiger partial charge in [-0.15, -0.1) is 0 Å². The van der Waals surface area contributed by atoms with Gasteiger partial charge in [0.15, 0.2) is 0 Å². The van der Waals surface area contributed by atoms with Crippen LogP contribution in [0.1, 0.15) is 67.3 Å². The number of hydrogen-bond acceptors (Lipinski definition) is 6. The molecule has 0 amide bonds. The highest BCUT2D eigenvalue weighted by atomic mass is 16.5. The fourth-order valence-corrected chi connectivity index (χ4v) is 6.97. The van der Waals surface area contributed by atoms with Gasteiger partial charge in [0.05, 0.1) is 38.0 Å². The van der Waals surface area contributed by atoms with Crippen molar-refractivity contribution in [2.24, 2.45) is 29.6 Å². The Labute approximate surface area is 195 Å². The maximum atomic E-state index is 13.3. The van der Waals surface area contributed by atoms with Crippen LogP contribution in [0.25, 0.3) is 5.57 Å². The Morgan fingerprint density at radius 2 is 1.09 bits per heavy atom. The van der Waals surface area contributed by atoms with Gasteiger partial charge in [-0.25, -0.2) is 14.4 Å². The molecule has 0 bridgehead atoms. The van der Waals surface area contributed by atoms with Gasteiger partial charge in [0.1, 0.15) is 0 Å². The predicted octanol–water partition coefficient (Wildman–Crippen LogP) is 4.82. The Morgan fingerprint density at radius 1 is 0.636 bits per heavy atom. The van der Waals surface area contributed by atoms with E-state index < -0.39 is 17.9 Å². The standard InChI is InChI=1S/C27H34O6/c1-31-25(28)17-14-12-16(13-15-17)22(26(29)32-2)24(27(30)33-3)23-20-10-6-4-8-18(20)19-9-5-7-11-21(19)23/h12-15,18-21,23H,4-11H2,1-3H3. The maximum absolute atomic E-state index is 13.3. The average Bonchev–Trinajstić information content (AvgIpc) is 3.20. The molecule has 3 aliphatic carbocycles. The topological polar surface area (TPSA) is 78.9 Å². The van der Waals surface area contributed by atoms with E-state index in [0.717, 1.165) is 25.7 Å². The Balaban J connectivity index is 1.87. The summed E-state index contributed by atoms with van der Waals surface area (Å²) in [6, 6.07) is 6.60. The number of ether oxygens (including phenoxy) is 3. The smallest absolute Gasteiger partial charge is 0.339 e. The highest BCUT2D eigenvalue weighted by Crippen LogP contribution is 2.60. The summed E-state index contributed by atoms with van der Waals surface area (Å²) < 4.78 is 15.3. The summed E-state index contributed by atoms with van der Waals surface area (Å²) in [5.41, 5.74) is 1.66. The first-order valence-electron chi connectivity index (χ1n) is 12.1. The second-order valence-electron chi connectivity index (χ2n) is 9.59. The van der Waals surface area contributed by atoms with Crippen molar-refractivity contribution in [3.63, 3.8) is 0 Å². The molecular formula is C27H34O6. The highest BCUT2D eigenvalue weighted by molar-refractivity contribution is 6.23. The zero-order valence-corrected chi connectivity index (χ0v) is 19.8. The molecule has 0 spiro atoms. The SMILES string of the molecule is COC(=O)C(=C(C(=O)OC)C1C2CCCCC2C2CCCCC21)c1ccc(C(=O)OC)cc1. The third kappa shape index (κ3) is 4.32. The number of hydrogen-bond donors (Lipinski definition) is 0. The van der Waals surface area contributed by atoms with Crippen molar-refractivity contribution in [2.75, 3.05) is 21.3 Å². The van der Waals surface area contributed by atoms with Crippen molar-refractivity contribution in [3.05, 3.63) is 41.0 Å². The van der Waals surface area contributed by atoms with Crippen LogP contribution in [0.15, 0.2) is 29.8 Å². The van der Waals surface area contributed by atoms with Gasteiger partial charge in [0.2, 0.25) is 0 Å². The molecule has 1 aromatic rings. The molecule has 33 heavy (non-hydrogen) atoms. The van der Waals surface area contributed by atoms with Crippen molar-refractivity contribution in [2.45, 2.75) is 51.4 Å². The summed E-state index contributed by atoms with van der Waals surface area (Å²) in [5.74, 6) is 0.515. The Hall–Kier alpha value is -2.63. The van der Waals surface area contributed by atoms with Gasteiger partial charge in [0.25, 0.3) is 0 Å². The quantitative estimate of drug-likeness (QED) is 0.361. The van der Waals surface area contributed by atoms with Crippen molar-refractivity contribution in [3.8, 4) is 0 Å². The zero-order valence-electron chi connectivity index (χ0n) is 19.8. The number of methoxy groups -OCH3 is 3. The minimum Gasteiger partial charge on any atom is -0.466 e. The van der Waals surface area contributed by atoms with Gasteiger partial charge < -0.3 is 14.2 Å². The lowest BCUT2D eigenvalue weighted by atomic mass is 9.72. The van der Waals surface area contributed by atoms with Crippen LogP contribution in [-0.4, -0.2) is 39.2 Å². The molecule has 4 atom stereocenters. The monoisotopic (exact) mass is 454 g/mol. The van der Waals surface area contributed by atoms with E-state index in [1.54, 1.807) is 24.3 Å². The van der Waals surface area contributed by atoms with E-state index in [4.69, 9.17) is 14.2 Å². The molecule has 0 saturated heterocycles. The molecule has 0 radical (unpaired) electrons. The van der Waals surface area contributed by atoms with Gasteiger partial charge in [-0.05, 0) is 73.0 Å². The van der Waals surface area contributed by atoms with Gasteiger partial charge in [-0.2, -0.15) is 0 Å². The number of carbonyl (C=O) groups excluding carboxylic acids is 3. The summed E-state index contributed by atoms with van der Waals surface area (Å²) >= 11 is 0. The van der Waals surface area contributed by atoms with E-state index in [-0.39, 0.29) is 11.5 Å². The lowest BCUT2D eigenvalue weighted by Crippen LogP contribution is -2.29. The second-order valence-corrected chi connectivity index (χ2v) is 9.59. The number of esters is 3. The molecule has 4 unspecified atom stereocenters. The fraction of sp³-hybridized carbons (Fsp3) is 0.593. The first-order valence-corrected chi connectivity index (χ1v) is 12.1. The number of carbonyl (C=O) groups is 3. The Bertz CT molecular complexity index is 908. The summed E-state index contributed by atoms with van der Waals surface area (Å²) in [5, 5.41) is 0. The first kappa shape index (κ1) is 23.5. The van der Waals surface area contributed by atoms with Crippen molar-refractivity contribution >= 4 is 23.5 Å². The van der Waals surface area contributed by atoms with Gasteiger partial charge in [0, 0.05) is 0 Å². The van der Waals surface area contributed by atoms with E-state index >= 15 is 0 Å². The lowest BCUT2D eigenvalue weighted by Gasteiger charge is -2.32. The van der Waals surface area contributed by atoms with Crippen LogP contribution in [0.5, 0.6) is 0 Å². The highest BCUT2D eigenvalue weighted by Gasteiger charge is 2.54. The number of fused-ring (bicyclic) bond motifs is 3. The fourth-order valence-electron chi connectivity index (χ4n) is 6.97. The molecule has 1 aromatic carbocycles. The van der Waals surface area contributed by atoms with Crippen LogP contribution < -0.4 is 0 Å². The molecule has 6 nitrogen and oxygen atoms in total. The minimum absolute atomic E-state index is 0.0116. The van der Waals surface area contributed by atoms with Crippen LogP contribution in [-0.2, 0) is 23.8 Å². The Kier molecular flexibility index (Phi) is 7.20. The Morgan fingerprint density at radius 3 is 1.55 bits per heavy atom. The van der Waals surface area contributed by atoms with E-state index in [2.05, 4.69) is 0 Å². The lowest BCUT2D eigenvalue weighted by molar-refractivity contribution is -0.138. The molecule has 0 aromatic heterocycles. The molecule has 4 rings (SSSR count). The van der Waals surface area contributed by atoms with Crippen molar-refractivity contribution in [1.82, 2.24) is 0 Å². The second kappa shape index (κ2) is 10.1. The summed E-state index contributed by atoms with van der Waals surface area (Å²) in [6.45, 7) is 0. The largest absolute Gasteiger partial charge is 0.466 e. The average molecular weight is 455 g/mol. The van der Waals surface area contributed by atoms with Crippen molar-refractivity contribution < 1.29 is 28.6 Å². The molecule has 178 valence electrons. The van der Waals surface area contributed by atoms with Crippen LogP contribution >= 0.6 is 0 Å². The number of benzene rings is 1. The van der Waals surface area contributed by atoms with Crippen LogP contribution in [0.2, 0.25) is 0 Å². The van der Waals surface area contributed by atoms with Crippen LogP contribution in [0.4, 0.5) is 0 Å². The normalized spacial score (nSPS) is 29.2.